The molecule has 8 atom stereocenters. The van der Waals surface area contributed by atoms with E-state index in [1.54, 1.807) is 5.57 Å². The Balaban J connectivity index is 1.13. The highest BCUT2D eigenvalue weighted by molar-refractivity contribution is 5.78. The van der Waals surface area contributed by atoms with Gasteiger partial charge in [0.1, 0.15) is 5.78 Å². The Labute approximate surface area is 281 Å². The van der Waals surface area contributed by atoms with Gasteiger partial charge in [0.15, 0.2) is 0 Å². The van der Waals surface area contributed by atoms with Crippen LogP contribution in [-0.4, -0.2) is 18.5 Å². The van der Waals surface area contributed by atoms with Crippen molar-refractivity contribution in [2.75, 3.05) is 6.61 Å². The van der Waals surface area contributed by atoms with Crippen molar-refractivity contribution in [2.24, 2.45) is 52.3 Å². The number of unbranched alkanes of at least 4 members (excludes halogenated alkanes) is 6. The zero-order valence-corrected chi connectivity index (χ0v) is 31.3. The van der Waals surface area contributed by atoms with Gasteiger partial charge in [-0.05, 0) is 123 Å². The molecule has 0 radical (unpaired) electrons. The summed E-state index contributed by atoms with van der Waals surface area (Å²) in [6, 6.07) is 0. The van der Waals surface area contributed by atoms with Crippen LogP contribution in [0.2, 0.25) is 0 Å². The van der Waals surface area contributed by atoms with Gasteiger partial charge in [-0.2, -0.15) is 0 Å². The fourth-order valence-corrected chi connectivity index (χ4v) is 11.2. The minimum atomic E-state index is 0.416. The second-order valence-electron chi connectivity index (χ2n) is 18.1. The van der Waals surface area contributed by atoms with Crippen LogP contribution in [0, 0.1) is 52.3 Å². The molecule has 0 aromatic rings. The predicted molar refractivity (Wildman–Crippen MR) is 193 cm³/mol. The summed E-state index contributed by atoms with van der Waals surface area (Å²) in [5, 5.41) is 0. The SMILES string of the molecule is CC(C)CCCCCCCC(=O)CCCCCOC1CC[C@@]2(C)C(=CC[C@@H]3[C@@H]2CC[C@]2(C)C([C@@H](C)CCCC(C)C)CC[C@@H]32)C1. The zero-order chi connectivity index (χ0) is 32.5. The Bertz CT molecular complexity index is 917. The van der Waals surface area contributed by atoms with Crippen molar-refractivity contribution >= 4 is 5.78 Å². The van der Waals surface area contributed by atoms with Gasteiger partial charge >= 0.3 is 0 Å². The van der Waals surface area contributed by atoms with Crippen LogP contribution >= 0.6 is 0 Å². The molecule has 3 fully saturated rings. The quantitative estimate of drug-likeness (QED) is 0.0995. The van der Waals surface area contributed by atoms with Gasteiger partial charge in [-0.1, -0.05) is 118 Å². The molecule has 0 N–H and O–H groups in total. The first-order valence-corrected chi connectivity index (χ1v) is 20.4. The number of rotatable bonds is 20. The van der Waals surface area contributed by atoms with Gasteiger partial charge in [-0.25, -0.2) is 0 Å². The number of ether oxygens (including phenoxy) is 1. The van der Waals surface area contributed by atoms with Gasteiger partial charge in [0, 0.05) is 19.4 Å². The molecule has 0 heterocycles. The second kappa shape index (κ2) is 17.7. The van der Waals surface area contributed by atoms with Crippen molar-refractivity contribution < 1.29 is 9.53 Å². The van der Waals surface area contributed by atoms with Crippen LogP contribution in [0.5, 0.6) is 0 Å². The average molecular weight is 625 g/mol. The maximum absolute atomic E-state index is 12.3. The highest BCUT2D eigenvalue weighted by atomic mass is 16.5. The summed E-state index contributed by atoms with van der Waals surface area (Å²) in [5.74, 6) is 6.76. The maximum atomic E-state index is 12.3. The van der Waals surface area contributed by atoms with Crippen LogP contribution in [0.1, 0.15) is 190 Å². The van der Waals surface area contributed by atoms with E-state index in [1.807, 2.05) is 0 Å². The van der Waals surface area contributed by atoms with Gasteiger partial charge < -0.3 is 4.74 Å². The van der Waals surface area contributed by atoms with E-state index in [0.29, 0.717) is 22.7 Å². The van der Waals surface area contributed by atoms with E-state index in [0.717, 1.165) is 86.6 Å². The van der Waals surface area contributed by atoms with Crippen LogP contribution in [0.4, 0.5) is 0 Å². The number of hydrogen-bond acceptors (Lipinski definition) is 2. The van der Waals surface area contributed by atoms with Crippen LogP contribution < -0.4 is 0 Å². The molecule has 45 heavy (non-hydrogen) atoms. The lowest BCUT2D eigenvalue weighted by atomic mass is 9.47. The highest BCUT2D eigenvalue weighted by Crippen LogP contribution is 2.67. The Morgan fingerprint density at radius 3 is 2.16 bits per heavy atom. The molecule has 0 bridgehead atoms. The lowest BCUT2D eigenvalue weighted by molar-refractivity contribution is -0.119. The van der Waals surface area contributed by atoms with Gasteiger partial charge in [-0.15, -0.1) is 0 Å². The minimum absolute atomic E-state index is 0.416. The van der Waals surface area contributed by atoms with Crippen molar-refractivity contribution in [1.29, 1.82) is 0 Å². The van der Waals surface area contributed by atoms with Crippen LogP contribution in [0.3, 0.4) is 0 Å². The smallest absolute Gasteiger partial charge is 0.132 e. The van der Waals surface area contributed by atoms with Crippen molar-refractivity contribution in [3.8, 4) is 0 Å². The largest absolute Gasteiger partial charge is 0.378 e. The molecule has 0 aromatic heterocycles. The van der Waals surface area contributed by atoms with Crippen molar-refractivity contribution in [3.05, 3.63) is 11.6 Å². The maximum Gasteiger partial charge on any atom is 0.132 e. The molecule has 2 nitrogen and oxygen atoms in total. The number of carbonyl (C=O) groups is 1. The molecule has 4 aliphatic rings. The Kier molecular flexibility index (Phi) is 14.6. The minimum Gasteiger partial charge on any atom is -0.378 e. The molecule has 2 heteroatoms. The third kappa shape index (κ3) is 9.95. The first-order chi connectivity index (χ1) is 21.5. The predicted octanol–water partition coefficient (Wildman–Crippen LogP) is 12.9. The molecule has 260 valence electrons. The summed E-state index contributed by atoms with van der Waals surface area (Å²) < 4.78 is 6.49. The molecule has 2 unspecified atom stereocenters. The number of Topliss-reactive ketones (excluding diaryl/α,β-unsaturated/α-hetero) is 1. The molecule has 4 rings (SSSR count). The number of fused-ring (bicyclic) bond motifs is 5. The van der Waals surface area contributed by atoms with E-state index in [4.69, 9.17) is 4.74 Å². The molecule has 3 saturated carbocycles. The van der Waals surface area contributed by atoms with Gasteiger partial charge in [0.25, 0.3) is 0 Å². The number of allylic oxidation sites excluding steroid dienone is 1. The summed E-state index contributed by atoms with van der Waals surface area (Å²) in [6.07, 6.45) is 30.9. The molecular formula is C43H76O2. The number of ketones is 1. The molecule has 0 spiro atoms. The normalized spacial score (nSPS) is 33.5. The topological polar surface area (TPSA) is 26.3 Å². The third-order valence-electron chi connectivity index (χ3n) is 14.0. The first-order valence-electron chi connectivity index (χ1n) is 20.4. The van der Waals surface area contributed by atoms with Crippen LogP contribution in [-0.2, 0) is 9.53 Å². The van der Waals surface area contributed by atoms with E-state index < -0.39 is 0 Å². The standard InChI is InChI=1S/C43H76O2/c1-32(2)17-12-9-8-10-13-20-36(44)21-14-11-15-30-45-37-26-28-42(6)35(31-37)22-23-38-40-25-24-39(34(5)19-16-18-33(3)4)43(40,7)29-27-41(38)42/h22,32-34,37-41H,8-21,23-31H2,1-7H3/t34-,37?,38-,39?,40-,41-,42-,43+/m0/s1. The Morgan fingerprint density at radius 1 is 0.756 bits per heavy atom. The van der Waals surface area contributed by atoms with Crippen LogP contribution in [0.25, 0.3) is 0 Å². The van der Waals surface area contributed by atoms with Gasteiger partial charge in [0.2, 0.25) is 0 Å². The summed E-state index contributed by atoms with van der Waals surface area (Å²) in [5.41, 5.74) is 2.75. The Morgan fingerprint density at radius 2 is 1.42 bits per heavy atom. The van der Waals surface area contributed by atoms with E-state index in [2.05, 4.69) is 54.5 Å². The van der Waals surface area contributed by atoms with E-state index >= 15 is 0 Å². The molecule has 0 aromatic carbocycles. The molecule has 4 aliphatic carbocycles. The summed E-state index contributed by atoms with van der Waals surface area (Å²) in [6.45, 7) is 18.2. The van der Waals surface area contributed by atoms with Gasteiger partial charge in [-0.3, -0.25) is 4.79 Å². The lowest BCUT2D eigenvalue weighted by Gasteiger charge is -2.58. The fourth-order valence-electron chi connectivity index (χ4n) is 11.2. The lowest BCUT2D eigenvalue weighted by Crippen LogP contribution is -2.51. The number of carbonyl (C=O) groups excluding carboxylic acids is 1. The average Bonchev–Trinajstić information content (AvgIpc) is 3.35. The van der Waals surface area contributed by atoms with Crippen molar-refractivity contribution in [3.63, 3.8) is 0 Å². The van der Waals surface area contributed by atoms with Crippen molar-refractivity contribution in [1.82, 2.24) is 0 Å². The van der Waals surface area contributed by atoms with E-state index in [-0.39, 0.29) is 0 Å². The van der Waals surface area contributed by atoms with Crippen LogP contribution in [0.15, 0.2) is 11.6 Å². The first kappa shape index (κ1) is 37.2. The molecule has 0 aliphatic heterocycles. The highest BCUT2D eigenvalue weighted by Gasteiger charge is 2.59. The summed E-state index contributed by atoms with van der Waals surface area (Å²) >= 11 is 0. The summed E-state index contributed by atoms with van der Waals surface area (Å²) in [7, 11) is 0. The number of hydrogen-bond donors (Lipinski definition) is 0. The zero-order valence-electron chi connectivity index (χ0n) is 31.3. The third-order valence-corrected chi connectivity index (χ3v) is 14.0. The monoisotopic (exact) mass is 625 g/mol. The van der Waals surface area contributed by atoms with E-state index in [9.17, 15) is 4.79 Å². The van der Waals surface area contributed by atoms with E-state index in [1.165, 1.54) is 103 Å². The van der Waals surface area contributed by atoms with Gasteiger partial charge in [0.05, 0.1) is 6.10 Å². The van der Waals surface area contributed by atoms with Crippen molar-refractivity contribution in [2.45, 2.75) is 196 Å². The summed E-state index contributed by atoms with van der Waals surface area (Å²) in [4.78, 5) is 12.3. The fraction of sp³-hybridized carbons (Fsp3) is 0.930. The Hall–Kier alpha value is -0.630. The molecule has 0 saturated heterocycles. The second-order valence-corrected chi connectivity index (χ2v) is 18.1. The molecular weight excluding hydrogens is 548 g/mol. The molecule has 0 amide bonds.